The molecule has 2 rings (SSSR count). The lowest BCUT2D eigenvalue weighted by atomic mass is 10.3. The minimum Gasteiger partial charge on any atom is -0.368 e. The van der Waals surface area contributed by atoms with Gasteiger partial charge in [0.15, 0.2) is 5.69 Å². The number of halogens is 5. The molecule has 0 atom stereocenters. The first-order valence-corrected chi connectivity index (χ1v) is 6.36. The highest BCUT2D eigenvalue weighted by Crippen LogP contribution is 2.32. The zero-order chi connectivity index (χ0) is 14.9. The van der Waals surface area contributed by atoms with E-state index in [0.29, 0.717) is 10.7 Å². The highest BCUT2D eigenvalue weighted by molar-refractivity contribution is 9.10. The van der Waals surface area contributed by atoms with Gasteiger partial charge in [-0.1, -0.05) is 27.5 Å². The summed E-state index contributed by atoms with van der Waals surface area (Å²) in [5.41, 5.74) is 4.55. The van der Waals surface area contributed by atoms with E-state index in [4.69, 9.17) is 17.3 Å². The first-order chi connectivity index (χ1) is 9.25. The van der Waals surface area contributed by atoms with Crippen molar-refractivity contribution >= 4 is 45.0 Å². The van der Waals surface area contributed by atoms with Gasteiger partial charge in [0.2, 0.25) is 5.95 Å². The smallest absolute Gasteiger partial charge is 0.368 e. The second kappa shape index (κ2) is 5.45. The zero-order valence-corrected chi connectivity index (χ0v) is 12.0. The number of rotatable bonds is 2. The fraction of sp³-hybridized carbons (Fsp3) is 0.0909. The molecule has 3 N–H and O–H groups in total. The Kier molecular flexibility index (Phi) is 4.05. The molecular formula is C11H7BrClF3N4. The van der Waals surface area contributed by atoms with Crippen molar-refractivity contribution in [3.05, 3.63) is 39.5 Å². The third-order valence-corrected chi connectivity index (χ3v) is 3.03. The second-order valence-corrected chi connectivity index (χ2v) is 5.07. The van der Waals surface area contributed by atoms with Crippen molar-refractivity contribution < 1.29 is 13.2 Å². The van der Waals surface area contributed by atoms with Gasteiger partial charge in [0, 0.05) is 10.5 Å². The normalized spacial score (nSPS) is 11.4. The van der Waals surface area contributed by atoms with Crippen LogP contribution in [0.5, 0.6) is 0 Å². The zero-order valence-electron chi connectivity index (χ0n) is 9.67. The van der Waals surface area contributed by atoms with Crippen LogP contribution in [0.2, 0.25) is 5.02 Å². The lowest BCUT2D eigenvalue weighted by Crippen LogP contribution is -2.12. The molecule has 0 aliphatic carbocycles. The Balaban J connectivity index is 2.36. The van der Waals surface area contributed by atoms with Gasteiger partial charge < -0.3 is 11.1 Å². The molecule has 1 aromatic heterocycles. The summed E-state index contributed by atoms with van der Waals surface area (Å²) in [7, 11) is 0. The number of nitrogen functional groups attached to an aromatic ring is 1. The average Bonchev–Trinajstić information content (AvgIpc) is 2.31. The number of nitrogens with two attached hydrogens (primary N) is 1. The third-order valence-electron chi connectivity index (χ3n) is 2.23. The number of hydrogen-bond acceptors (Lipinski definition) is 4. The van der Waals surface area contributed by atoms with Crippen LogP contribution in [0.3, 0.4) is 0 Å². The van der Waals surface area contributed by atoms with Crippen LogP contribution in [-0.4, -0.2) is 9.97 Å². The highest BCUT2D eigenvalue weighted by atomic mass is 79.9. The van der Waals surface area contributed by atoms with Gasteiger partial charge in [-0.15, -0.1) is 0 Å². The molecule has 1 heterocycles. The van der Waals surface area contributed by atoms with Gasteiger partial charge in [-0.05, 0) is 18.2 Å². The Morgan fingerprint density at radius 3 is 2.50 bits per heavy atom. The molecule has 0 radical (unpaired) electrons. The van der Waals surface area contributed by atoms with E-state index in [2.05, 4.69) is 31.2 Å². The maximum atomic E-state index is 12.6. The molecule has 20 heavy (non-hydrogen) atoms. The van der Waals surface area contributed by atoms with Crippen LogP contribution in [0.1, 0.15) is 5.69 Å². The summed E-state index contributed by atoms with van der Waals surface area (Å²) in [6.45, 7) is 0. The van der Waals surface area contributed by atoms with E-state index in [-0.39, 0.29) is 5.82 Å². The van der Waals surface area contributed by atoms with Crippen molar-refractivity contribution in [2.45, 2.75) is 6.18 Å². The quantitative estimate of drug-likeness (QED) is 0.833. The Labute approximate surface area is 125 Å². The first kappa shape index (κ1) is 14.9. The number of nitrogens with one attached hydrogen (secondary N) is 1. The van der Waals surface area contributed by atoms with Gasteiger partial charge in [0.1, 0.15) is 5.82 Å². The number of alkyl halides is 3. The minimum atomic E-state index is -4.60. The summed E-state index contributed by atoms with van der Waals surface area (Å²) in [6.07, 6.45) is -4.60. The number of hydrogen-bond donors (Lipinski definition) is 2. The lowest BCUT2D eigenvalue weighted by molar-refractivity contribution is -0.141. The van der Waals surface area contributed by atoms with Crippen LogP contribution in [0.25, 0.3) is 0 Å². The minimum absolute atomic E-state index is 0.0888. The van der Waals surface area contributed by atoms with E-state index < -0.39 is 17.8 Å². The molecule has 0 aliphatic rings. The summed E-state index contributed by atoms with van der Waals surface area (Å²) < 4.78 is 38.6. The molecule has 106 valence electrons. The summed E-state index contributed by atoms with van der Waals surface area (Å²) in [5, 5.41) is 2.99. The van der Waals surface area contributed by atoms with Crippen LogP contribution in [0.4, 0.5) is 30.6 Å². The van der Waals surface area contributed by atoms with Crippen LogP contribution in [0.15, 0.2) is 28.7 Å². The standard InChI is InChI=1S/C11H7BrClF3N4/c12-5-1-2-7(6(13)3-5)18-9-4-8(11(14,15)16)19-10(17)20-9/h1-4H,(H3,17,18,19,20). The van der Waals surface area contributed by atoms with Gasteiger partial charge in [-0.3, -0.25) is 0 Å². The van der Waals surface area contributed by atoms with Crippen LogP contribution in [-0.2, 0) is 6.18 Å². The lowest BCUT2D eigenvalue weighted by Gasteiger charge is -2.11. The van der Waals surface area contributed by atoms with Crippen LogP contribution in [0, 0.1) is 0 Å². The van der Waals surface area contributed by atoms with Crippen molar-refractivity contribution in [1.29, 1.82) is 0 Å². The fourth-order valence-corrected chi connectivity index (χ4v) is 2.12. The highest BCUT2D eigenvalue weighted by Gasteiger charge is 2.33. The molecule has 9 heteroatoms. The Bertz CT molecular complexity index is 648. The Hall–Kier alpha value is -1.54. The first-order valence-electron chi connectivity index (χ1n) is 5.19. The number of nitrogens with zero attached hydrogens (tertiary/aromatic N) is 2. The molecule has 0 saturated heterocycles. The maximum absolute atomic E-state index is 12.6. The molecule has 0 fully saturated rings. The van der Waals surface area contributed by atoms with E-state index >= 15 is 0 Å². The third kappa shape index (κ3) is 3.51. The van der Waals surface area contributed by atoms with Crippen molar-refractivity contribution in [3.8, 4) is 0 Å². The summed E-state index contributed by atoms with van der Waals surface area (Å²) in [5.74, 6) is -0.565. The largest absolute Gasteiger partial charge is 0.433 e. The molecule has 0 saturated carbocycles. The topological polar surface area (TPSA) is 63.8 Å². The van der Waals surface area contributed by atoms with Crippen LogP contribution >= 0.6 is 27.5 Å². The Morgan fingerprint density at radius 1 is 1.20 bits per heavy atom. The molecule has 1 aromatic carbocycles. The van der Waals surface area contributed by atoms with E-state index in [9.17, 15) is 13.2 Å². The van der Waals surface area contributed by atoms with Gasteiger partial charge in [-0.2, -0.15) is 18.2 Å². The van der Waals surface area contributed by atoms with Crippen LogP contribution < -0.4 is 11.1 Å². The van der Waals surface area contributed by atoms with Crippen molar-refractivity contribution in [2.24, 2.45) is 0 Å². The number of aromatic nitrogens is 2. The number of benzene rings is 1. The molecule has 0 spiro atoms. The molecule has 0 unspecified atom stereocenters. The summed E-state index contributed by atoms with van der Waals surface area (Å²) >= 11 is 9.18. The monoisotopic (exact) mass is 366 g/mol. The van der Waals surface area contributed by atoms with Gasteiger partial charge in [0.25, 0.3) is 0 Å². The van der Waals surface area contributed by atoms with E-state index in [1.807, 2.05) is 0 Å². The molecule has 4 nitrogen and oxygen atoms in total. The van der Waals surface area contributed by atoms with Crippen molar-refractivity contribution in [1.82, 2.24) is 9.97 Å². The molecule has 2 aromatic rings. The molecule has 0 bridgehead atoms. The van der Waals surface area contributed by atoms with Gasteiger partial charge >= 0.3 is 6.18 Å². The molecule has 0 aliphatic heterocycles. The predicted molar refractivity (Wildman–Crippen MR) is 73.9 cm³/mol. The molecular weight excluding hydrogens is 360 g/mol. The van der Waals surface area contributed by atoms with E-state index in [0.717, 1.165) is 10.5 Å². The van der Waals surface area contributed by atoms with Gasteiger partial charge in [-0.25, -0.2) is 4.98 Å². The van der Waals surface area contributed by atoms with E-state index in [1.54, 1.807) is 18.2 Å². The van der Waals surface area contributed by atoms with Gasteiger partial charge in [0.05, 0.1) is 10.7 Å². The average molecular weight is 368 g/mol. The Morgan fingerprint density at radius 2 is 1.90 bits per heavy atom. The SMILES string of the molecule is Nc1nc(Nc2ccc(Br)cc2Cl)cc(C(F)(F)F)n1. The second-order valence-electron chi connectivity index (χ2n) is 3.74. The van der Waals surface area contributed by atoms with E-state index in [1.165, 1.54) is 0 Å². The summed E-state index contributed by atoms with van der Waals surface area (Å²) in [4.78, 5) is 6.84. The fourth-order valence-electron chi connectivity index (χ4n) is 1.40. The summed E-state index contributed by atoms with van der Waals surface area (Å²) in [6, 6.07) is 5.63. The van der Waals surface area contributed by atoms with Crippen molar-refractivity contribution in [2.75, 3.05) is 11.1 Å². The maximum Gasteiger partial charge on any atom is 0.433 e. The molecule has 0 amide bonds. The number of anilines is 3. The predicted octanol–water partition coefficient (Wildman–Crippen LogP) is 4.24. The van der Waals surface area contributed by atoms with Crippen molar-refractivity contribution in [3.63, 3.8) is 0 Å².